The molecule has 1 aromatic heterocycles. The van der Waals surface area contributed by atoms with E-state index >= 15 is 0 Å². The summed E-state index contributed by atoms with van der Waals surface area (Å²) in [5, 5.41) is 4.22. The van der Waals surface area contributed by atoms with E-state index in [9.17, 15) is 4.39 Å². The van der Waals surface area contributed by atoms with Crippen LogP contribution in [0.2, 0.25) is 0 Å². The Kier molecular flexibility index (Phi) is 5.25. The summed E-state index contributed by atoms with van der Waals surface area (Å²) < 4.78 is 19.9. The van der Waals surface area contributed by atoms with Gasteiger partial charge in [-0.3, -0.25) is 4.90 Å². The molecule has 0 N–H and O–H groups in total. The third-order valence-electron chi connectivity index (χ3n) is 5.10. The quantitative estimate of drug-likeness (QED) is 0.207. The molecule has 1 saturated heterocycles. The first kappa shape index (κ1) is 20.8. The lowest BCUT2D eigenvalue weighted by Crippen LogP contribution is -2.46. The van der Waals surface area contributed by atoms with Crippen LogP contribution in [0.15, 0.2) is 65.9 Å². The Labute approximate surface area is 196 Å². The molecule has 0 amide bonds. The number of aromatic nitrogens is 2. The molecule has 0 bridgehead atoms. The summed E-state index contributed by atoms with van der Waals surface area (Å²) in [5.74, 6) is 1.20. The smallest absolute Gasteiger partial charge is 0.289 e. The van der Waals surface area contributed by atoms with Gasteiger partial charge in [-0.15, -0.1) is 0 Å². The highest BCUT2D eigenvalue weighted by atomic mass is 127. The summed E-state index contributed by atoms with van der Waals surface area (Å²) in [7, 11) is 1.61. The molecule has 2 aromatic carbocycles. The van der Waals surface area contributed by atoms with E-state index < -0.39 is 3.73 Å². The summed E-state index contributed by atoms with van der Waals surface area (Å²) in [6.07, 6.45) is 5.44. The van der Waals surface area contributed by atoms with E-state index in [0.29, 0.717) is 17.3 Å². The molecule has 3 heterocycles. The van der Waals surface area contributed by atoms with E-state index in [-0.39, 0.29) is 12.5 Å². The van der Waals surface area contributed by atoms with Gasteiger partial charge in [-0.1, -0.05) is 11.2 Å². The maximum Gasteiger partial charge on any atom is 0.289 e. The molecule has 10 heteroatoms. The van der Waals surface area contributed by atoms with Crippen molar-refractivity contribution in [3.63, 3.8) is 0 Å². The molecule has 0 unspecified atom stereocenters. The number of aryl methyl sites for hydroxylation is 1. The minimum absolute atomic E-state index is 0.0960. The van der Waals surface area contributed by atoms with Gasteiger partial charge in [-0.25, -0.2) is 9.37 Å². The molecular formula is C22H18FIN4O4. The van der Waals surface area contributed by atoms with Gasteiger partial charge in [0.2, 0.25) is 11.6 Å². The molecule has 0 aliphatic carbocycles. The third kappa shape index (κ3) is 3.58. The first-order valence-corrected chi connectivity index (χ1v) is 10.7. The van der Waals surface area contributed by atoms with Gasteiger partial charge in [0.1, 0.15) is 11.6 Å². The lowest BCUT2D eigenvalue weighted by atomic mass is 10.1. The molecule has 32 heavy (non-hydrogen) atoms. The normalized spacial score (nSPS) is 21.1. The molecule has 0 radical (unpaired) electrons. The van der Waals surface area contributed by atoms with Crippen LogP contribution >= 0.6 is 22.6 Å². The van der Waals surface area contributed by atoms with Crippen LogP contribution in [-0.2, 0) is 18.3 Å². The van der Waals surface area contributed by atoms with Crippen molar-refractivity contribution < 1.29 is 23.7 Å². The van der Waals surface area contributed by atoms with Crippen molar-refractivity contribution in [3.05, 3.63) is 83.4 Å². The number of halogens is 2. The summed E-state index contributed by atoms with van der Waals surface area (Å²) in [6, 6.07) is 11.8. The van der Waals surface area contributed by atoms with Crippen LogP contribution in [0.4, 0.5) is 4.39 Å². The maximum absolute atomic E-state index is 13.4. The number of benzene rings is 2. The zero-order valence-electron chi connectivity index (χ0n) is 17.2. The average molecular weight is 548 g/mol. The first-order valence-electron chi connectivity index (χ1n) is 9.67. The Morgan fingerprint density at radius 1 is 1.22 bits per heavy atom. The molecule has 1 atom stereocenters. The van der Waals surface area contributed by atoms with Crippen molar-refractivity contribution in [2.24, 2.45) is 5.16 Å². The monoisotopic (exact) mass is 548 g/mol. The van der Waals surface area contributed by atoms with Crippen LogP contribution in [0.1, 0.15) is 16.8 Å². The lowest BCUT2D eigenvalue weighted by molar-refractivity contribution is -0.294. The number of ether oxygens (including phenoxy) is 1. The fourth-order valence-corrected chi connectivity index (χ4v) is 4.32. The number of hydrogen-bond acceptors (Lipinski definition) is 7. The van der Waals surface area contributed by atoms with Gasteiger partial charge in [0.15, 0.2) is 6.73 Å². The van der Waals surface area contributed by atoms with Crippen LogP contribution in [0.5, 0.6) is 5.75 Å². The Hall–Kier alpha value is -3.12. The SMILES string of the molecule is COc1cc(/C=C2\OOCN3C2=NO[C@]3(I)c2ccc(F)cc2)ccc1-n1cnc(C)c1. The van der Waals surface area contributed by atoms with Gasteiger partial charge in [-0.05, 0) is 55.0 Å². The Bertz CT molecular complexity index is 1230. The van der Waals surface area contributed by atoms with Crippen LogP contribution in [0, 0.1) is 12.7 Å². The largest absolute Gasteiger partial charge is 0.495 e. The molecule has 2 aliphatic rings. The molecule has 164 valence electrons. The van der Waals surface area contributed by atoms with Crippen LogP contribution in [0.25, 0.3) is 11.8 Å². The second kappa shape index (κ2) is 8.10. The number of oxime groups is 1. The van der Waals surface area contributed by atoms with Gasteiger partial charge in [0.05, 0.1) is 24.8 Å². The molecular weight excluding hydrogens is 530 g/mol. The van der Waals surface area contributed by atoms with Crippen molar-refractivity contribution in [3.8, 4) is 11.4 Å². The van der Waals surface area contributed by atoms with Crippen LogP contribution in [-0.4, -0.2) is 34.1 Å². The Morgan fingerprint density at radius 3 is 2.75 bits per heavy atom. The van der Waals surface area contributed by atoms with Crippen molar-refractivity contribution in [2.45, 2.75) is 10.7 Å². The molecule has 8 nitrogen and oxygen atoms in total. The van der Waals surface area contributed by atoms with Crippen LogP contribution < -0.4 is 4.74 Å². The fraction of sp³-hybridized carbons (Fsp3) is 0.182. The number of imidazole rings is 1. The van der Waals surface area contributed by atoms with Gasteiger partial charge < -0.3 is 19.0 Å². The molecule has 3 aromatic rings. The number of alkyl halides is 1. The van der Waals surface area contributed by atoms with Gasteiger partial charge in [0.25, 0.3) is 3.73 Å². The average Bonchev–Trinajstić information content (AvgIpc) is 3.39. The van der Waals surface area contributed by atoms with E-state index in [0.717, 1.165) is 22.5 Å². The number of fused-ring (bicyclic) bond motifs is 1. The Morgan fingerprint density at radius 2 is 2.03 bits per heavy atom. The third-order valence-corrected chi connectivity index (χ3v) is 6.50. The minimum atomic E-state index is -0.982. The maximum atomic E-state index is 13.4. The highest BCUT2D eigenvalue weighted by molar-refractivity contribution is 14.1. The highest BCUT2D eigenvalue weighted by Gasteiger charge is 2.49. The number of hydrogen-bond donors (Lipinski definition) is 0. The van der Waals surface area contributed by atoms with E-state index in [1.165, 1.54) is 12.1 Å². The van der Waals surface area contributed by atoms with Crippen molar-refractivity contribution >= 4 is 34.5 Å². The van der Waals surface area contributed by atoms with Gasteiger partial charge in [-0.2, -0.15) is 4.89 Å². The topological polar surface area (TPSA) is 70.3 Å². The predicted octanol–water partition coefficient (Wildman–Crippen LogP) is 4.48. The zero-order chi connectivity index (χ0) is 22.3. The second-order valence-electron chi connectivity index (χ2n) is 7.19. The zero-order valence-corrected chi connectivity index (χ0v) is 19.3. The summed E-state index contributed by atoms with van der Waals surface area (Å²) in [5.41, 5.74) is 3.32. The van der Waals surface area contributed by atoms with Crippen molar-refractivity contribution in [1.82, 2.24) is 14.5 Å². The van der Waals surface area contributed by atoms with Crippen molar-refractivity contribution in [1.29, 1.82) is 0 Å². The molecule has 0 spiro atoms. The first-order chi connectivity index (χ1) is 15.5. The number of rotatable bonds is 4. The number of methoxy groups -OCH3 is 1. The van der Waals surface area contributed by atoms with Gasteiger partial charge >= 0.3 is 0 Å². The van der Waals surface area contributed by atoms with E-state index in [1.807, 2.05) is 35.9 Å². The summed E-state index contributed by atoms with van der Waals surface area (Å²) >= 11 is 2.12. The van der Waals surface area contributed by atoms with Gasteiger partial charge in [0, 0.05) is 34.4 Å². The van der Waals surface area contributed by atoms with E-state index in [2.05, 4.69) is 32.7 Å². The van der Waals surface area contributed by atoms with Crippen LogP contribution in [0.3, 0.4) is 0 Å². The minimum Gasteiger partial charge on any atom is -0.495 e. The molecule has 2 aliphatic heterocycles. The van der Waals surface area contributed by atoms with E-state index in [1.54, 1.807) is 36.5 Å². The lowest BCUT2D eigenvalue weighted by Gasteiger charge is -2.34. The fourth-order valence-electron chi connectivity index (χ4n) is 3.49. The standard InChI is InChI=1S/C22H18FIN4O4/c1-14-11-27(12-25-14)18-8-3-15(9-19(18)29-2)10-20-21-26-32-22(24,28(21)13-30-31-20)16-4-6-17(23)7-5-16/h3-12H,13H2,1-2H3/b20-10-/t22-/m0/s1. The second-order valence-corrected chi connectivity index (χ2v) is 8.66. The number of amidine groups is 1. The summed E-state index contributed by atoms with van der Waals surface area (Å²) in [6.45, 7) is 2.02. The van der Waals surface area contributed by atoms with Crippen molar-refractivity contribution in [2.75, 3.05) is 13.8 Å². The molecule has 0 saturated carbocycles. The van der Waals surface area contributed by atoms with E-state index in [4.69, 9.17) is 19.3 Å². The predicted molar refractivity (Wildman–Crippen MR) is 122 cm³/mol. The number of nitrogens with zero attached hydrogens (tertiary/aromatic N) is 4. The summed E-state index contributed by atoms with van der Waals surface area (Å²) in [4.78, 5) is 22.6. The highest BCUT2D eigenvalue weighted by Crippen LogP contribution is 2.44. The Balaban J connectivity index is 1.45. The molecule has 5 rings (SSSR count). The molecule has 1 fully saturated rings.